The van der Waals surface area contributed by atoms with E-state index >= 15 is 0 Å². The highest BCUT2D eigenvalue weighted by atomic mass is 79.9. The highest BCUT2D eigenvalue weighted by Gasteiger charge is 2.21. The summed E-state index contributed by atoms with van der Waals surface area (Å²) < 4.78 is 7.12. The second-order valence-electron chi connectivity index (χ2n) is 4.35. The van der Waals surface area contributed by atoms with E-state index in [4.69, 9.17) is 21.9 Å². The standard InChI is InChI=1S/C15H9Br2ClN2O/c16-10-6-2-1-4-8(10)12-14(21-20-15(12)19)9-5-3-7-11(17)13(9)18/h1-7H,(H2,19,20). The van der Waals surface area contributed by atoms with Gasteiger partial charge >= 0.3 is 0 Å². The molecular formula is C15H9Br2ClN2O. The van der Waals surface area contributed by atoms with Crippen LogP contribution >= 0.6 is 43.5 Å². The van der Waals surface area contributed by atoms with Gasteiger partial charge in [-0.15, -0.1) is 0 Å². The van der Waals surface area contributed by atoms with E-state index in [0.717, 1.165) is 25.6 Å². The molecule has 0 fully saturated rings. The fourth-order valence-electron chi connectivity index (χ4n) is 2.09. The summed E-state index contributed by atoms with van der Waals surface area (Å²) in [4.78, 5) is 0. The second kappa shape index (κ2) is 5.83. The maximum absolute atomic E-state index is 6.35. The monoisotopic (exact) mass is 426 g/mol. The highest BCUT2D eigenvalue weighted by Crippen LogP contribution is 2.43. The van der Waals surface area contributed by atoms with Crippen LogP contribution in [0.1, 0.15) is 0 Å². The summed E-state index contributed by atoms with van der Waals surface area (Å²) in [5.41, 5.74) is 8.35. The van der Waals surface area contributed by atoms with Crippen molar-refractivity contribution in [1.82, 2.24) is 5.16 Å². The minimum atomic E-state index is 0.327. The number of halogens is 3. The number of nitrogen functional groups attached to an aromatic ring is 1. The third kappa shape index (κ3) is 2.61. The second-order valence-corrected chi connectivity index (χ2v) is 6.44. The Morgan fingerprint density at radius 3 is 2.38 bits per heavy atom. The number of anilines is 1. The molecule has 0 aliphatic heterocycles. The zero-order valence-electron chi connectivity index (χ0n) is 10.6. The van der Waals surface area contributed by atoms with Gasteiger partial charge in [-0.1, -0.05) is 57.0 Å². The molecular weight excluding hydrogens is 419 g/mol. The van der Waals surface area contributed by atoms with Crippen LogP contribution in [0.3, 0.4) is 0 Å². The Morgan fingerprint density at radius 1 is 0.952 bits per heavy atom. The Kier molecular flexibility index (Phi) is 4.06. The molecule has 0 radical (unpaired) electrons. The number of benzene rings is 2. The minimum Gasteiger partial charge on any atom is -0.380 e. The lowest BCUT2D eigenvalue weighted by Crippen LogP contribution is -1.90. The Bertz CT molecular complexity index is 817. The van der Waals surface area contributed by atoms with Gasteiger partial charge in [0.2, 0.25) is 0 Å². The van der Waals surface area contributed by atoms with Gasteiger partial charge in [0.25, 0.3) is 0 Å². The Balaban J connectivity index is 2.28. The van der Waals surface area contributed by atoms with Crippen molar-refractivity contribution in [3.05, 3.63) is 56.4 Å². The number of hydrogen-bond donors (Lipinski definition) is 1. The predicted octanol–water partition coefficient (Wildman–Crippen LogP) is 5.77. The van der Waals surface area contributed by atoms with Crippen LogP contribution in [0.4, 0.5) is 5.82 Å². The molecule has 0 aliphatic rings. The molecule has 0 saturated carbocycles. The fourth-order valence-corrected chi connectivity index (χ4v) is 3.15. The largest absolute Gasteiger partial charge is 0.380 e. The molecule has 0 bridgehead atoms. The van der Waals surface area contributed by atoms with E-state index in [1.807, 2.05) is 42.5 Å². The first-order chi connectivity index (χ1) is 10.1. The third-order valence-electron chi connectivity index (χ3n) is 3.06. The molecule has 1 heterocycles. The Morgan fingerprint density at radius 2 is 1.62 bits per heavy atom. The van der Waals surface area contributed by atoms with Gasteiger partial charge in [-0.3, -0.25) is 0 Å². The normalized spacial score (nSPS) is 10.8. The summed E-state index contributed by atoms with van der Waals surface area (Å²) in [6.45, 7) is 0. The molecule has 21 heavy (non-hydrogen) atoms. The lowest BCUT2D eigenvalue weighted by molar-refractivity contribution is 0.436. The van der Waals surface area contributed by atoms with Crippen LogP contribution in [0.25, 0.3) is 22.5 Å². The summed E-state index contributed by atoms with van der Waals surface area (Å²) in [5, 5.41) is 4.45. The van der Waals surface area contributed by atoms with Gasteiger partial charge in [-0.25, -0.2) is 0 Å². The van der Waals surface area contributed by atoms with Crippen molar-refractivity contribution in [3.63, 3.8) is 0 Å². The van der Waals surface area contributed by atoms with Crippen molar-refractivity contribution in [1.29, 1.82) is 0 Å². The molecule has 0 amide bonds. The van der Waals surface area contributed by atoms with Gasteiger partial charge in [0, 0.05) is 20.1 Å². The van der Waals surface area contributed by atoms with Crippen LogP contribution in [-0.4, -0.2) is 5.16 Å². The van der Waals surface area contributed by atoms with Gasteiger partial charge in [-0.05, 0) is 34.1 Å². The lowest BCUT2D eigenvalue weighted by Gasteiger charge is -2.07. The number of nitrogens with zero attached hydrogens (tertiary/aromatic N) is 1. The zero-order chi connectivity index (χ0) is 15.0. The lowest BCUT2D eigenvalue weighted by atomic mass is 10.0. The number of nitrogens with two attached hydrogens (primary N) is 1. The van der Waals surface area contributed by atoms with Crippen LogP contribution in [0.2, 0.25) is 5.02 Å². The zero-order valence-corrected chi connectivity index (χ0v) is 14.5. The van der Waals surface area contributed by atoms with Crippen molar-refractivity contribution >= 4 is 49.3 Å². The minimum absolute atomic E-state index is 0.327. The van der Waals surface area contributed by atoms with Crippen LogP contribution in [-0.2, 0) is 0 Å². The van der Waals surface area contributed by atoms with Crippen molar-refractivity contribution in [2.24, 2.45) is 0 Å². The van der Waals surface area contributed by atoms with Crippen LogP contribution in [0, 0.1) is 0 Å². The molecule has 0 spiro atoms. The molecule has 0 atom stereocenters. The predicted molar refractivity (Wildman–Crippen MR) is 92.2 cm³/mol. The van der Waals surface area contributed by atoms with Crippen molar-refractivity contribution in [3.8, 4) is 22.5 Å². The molecule has 2 N–H and O–H groups in total. The molecule has 0 saturated heterocycles. The van der Waals surface area contributed by atoms with E-state index in [2.05, 4.69) is 37.0 Å². The molecule has 106 valence electrons. The van der Waals surface area contributed by atoms with Gasteiger partial charge in [0.15, 0.2) is 11.6 Å². The van der Waals surface area contributed by atoms with E-state index in [0.29, 0.717) is 16.6 Å². The van der Waals surface area contributed by atoms with E-state index in [-0.39, 0.29) is 0 Å². The third-order valence-corrected chi connectivity index (χ3v) is 5.05. The summed E-state index contributed by atoms with van der Waals surface area (Å²) in [5.74, 6) is 0.874. The first-order valence-corrected chi connectivity index (χ1v) is 8.00. The van der Waals surface area contributed by atoms with E-state index in [1.165, 1.54) is 0 Å². The molecule has 2 aromatic carbocycles. The smallest absolute Gasteiger partial charge is 0.178 e. The maximum Gasteiger partial charge on any atom is 0.178 e. The van der Waals surface area contributed by atoms with Gasteiger partial charge in [-0.2, -0.15) is 0 Å². The van der Waals surface area contributed by atoms with Gasteiger partial charge in [0.05, 0.1) is 10.6 Å². The quantitative estimate of drug-likeness (QED) is 0.564. The van der Waals surface area contributed by atoms with Gasteiger partial charge in [0.1, 0.15) is 0 Å². The summed E-state index contributed by atoms with van der Waals surface area (Å²) in [6, 6.07) is 13.4. The van der Waals surface area contributed by atoms with E-state index in [9.17, 15) is 0 Å². The topological polar surface area (TPSA) is 52.0 Å². The molecule has 6 heteroatoms. The Hall–Kier alpha value is -1.30. The van der Waals surface area contributed by atoms with Crippen LogP contribution < -0.4 is 5.73 Å². The first-order valence-electron chi connectivity index (χ1n) is 6.04. The summed E-state index contributed by atoms with van der Waals surface area (Å²) in [6.07, 6.45) is 0. The molecule has 3 aromatic rings. The number of aromatic nitrogens is 1. The maximum atomic E-state index is 6.35. The van der Waals surface area contributed by atoms with Crippen LogP contribution in [0.5, 0.6) is 0 Å². The van der Waals surface area contributed by atoms with Crippen molar-refractivity contribution in [2.75, 3.05) is 5.73 Å². The molecule has 3 rings (SSSR count). The van der Waals surface area contributed by atoms with Crippen LogP contribution in [0.15, 0.2) is 55.9 Å². The van der Waals surface area contributed by atoms with E-state index in [1.54, 1.807) is 0 Å². The average molecular weight is 429 g/mol. The molecule has 3 nitrogen and oxygen atoms in total. The molecule has 0 aliphatic carbocycles. The van der Waals surface area contributed by atoms with Crippen molar-refractivity contribution in [2.45, 2.75) is 0 Å². The molecule has 0 unspecified atom stereocenters. The van der Waals surface area contributed by atoms with E-state index < -0.39 is 0 Å². The summed E-state index contributed by atoms with van der Waals surface area (Å²) >= 11 is 13.3. The highest BCUT2D eigenvalue weighted by molar-refractivity contribution is 9.11. The number of rotatable bonds is 2. The first kappa shape index (κ1) is 14.6. The molecule has 1 aromatic heterocycles. The van der Waals surface area contributed by atoms with Gasteiger partial charge < -0.3 is 10.3 Å². The Labute approximate surface area is 143 Å². The average Bonchev–Trinajstić information content (AvgIpc) is 2.84. The summed E-state index contributed by atoms with van der Waals surface area (Å²) in [7, 11) is 0. The fraction of sp³-hybridized carbons (Fsp3) is 0. The SMILES string of the molecule is Nc1noc(-c2cccc(Br)c2Cl)c1-c1ccccc1Br. The van der Waals surface area contributed by atoms with Crippen molar-refractivity contribution < 1.29 is 4.52 Å². The number of hydrogen-bond acceptors (Lipinski definition) is 3.